The second-order valence-electron chi connectivity index (χ2n) is 12.3. The third-order valence-corrected chi connectivity index (χ3v) is 9.23. The maximum Gasteiger partial charge on any atom is 0.181 e. The summed E-state index contributed by atoms with van der Waals surface area (Å²) < 4.78 is 13.3. The zero-order valence-corrected chi connectivity index (χ0v) is 26.6. The molecule has 6 aromatic carbocycles. The van der Waals surface area contributed by atoms with E-state index in [1.165, 1.54) is 0 Å². The van der Waals surface area contributed by atoms with Crippen LogP contribution in [-0.4, -0.2) is 20.2 Å². The Balaban J connectivity index is 1.25. The average Bonchev–Trinajstić information content (AvgIpc) is 3.77. The molecule has 0 aliphatic heterocycles. The van der Waals surface area contributed by atoms with Gasteiger partial charge in [0.25, 0.3) is 0 Å². The number of benzene rings is 6. The van der Waals surface area contributed by atoms with Gasteiger partial charge in [-0.3, -0.25) is 0 Å². The van der Waals surface area contributed by atoms with Crippen LogP contribution in [0, 0.1) is 0 Å². The van der Waals surface area contributed by atoms with Gasteiger partial charge in [0.2, 0.25) is 0 Å². The Bertz CT molecular complexity index is 2840. The fourth-order valence-electron chi connectivity index (χ4n) is 6.86. The summed E-state index contributed by atoms with van der Waals surface area (Å²) in [4.78, 5) is 10.2. The molecule has 0 spiro atoms. The SMILES string of the molecule is c1ccc(-c2cc(-c3ccccc3)c3oc4cccc(-c5nc(-c6ccc(-c7ccccc7)nn6)nc6c5oc5ccccc56)c4c3c2)cc1. The van der Waals surface area contributed by atoms with Gasteiger partial charge in [0, 0.05) is 32.8 Å². The van der Waals surface area contributed by atoms with Crippen LogP contribution in [0.5, 0.6) is 0 Å². The summed E-state index contributed by atoms with van der Waals surface area (Å²) in [6.07, 6.45) is 0. The molecule has 0 saturated carbocycles. The van der Waals surface area contributed by atoms with Crippen LogP contribution in [0.15, 0.2) is 167 Å². The summed E-state index contributed by atoms with van der Waals surface area (Å²) in [6, 6.07) is 53.2. The first-order chi connectivity index (χ1) is 24.8. The second-order valence-corrected chi connectivity index (χ2v) is 12.3. The van der Waals surface area contributed by atoms with Crippen molar-refractivity contribution in [3.8, 4) is 56.3 Å². The molecule has 50 heavy (non-hydrogen) atoms. The summed E-state index contributed by atoms with van der Waals surface area (Å²) in [5, 5.41) is 12.0. The molecule has 234 valence electrons. The van der Waals surface area contributed by atoms with Crippen LogP contribution in [-0.2, 0) is 0 Å². The van der Waals surface area contributed by atoms with Crippen LogP contribution in [0.25, 0.3) is 100 Å². The van der Waals surface area contributed by atoms with E-state index in [2.05, 4.69) is 76.9 Å². The lowest BCUT2D eigenvalue weighted by Crippen LogP contribution is -1.98. The van der Waals surface area contributed by atoms with Crippen molar-refractivity contribution in [3.63, 3.8) is 0 Å². The number of fused-ring (bicyclic) bond motifs is 6. The molecule has 0 atom stereocenters. The van der Waals surface area contributed by atoms with Crippen molar-refractivity contribution in [3.05, 3.63) is 158 Å². The maximum absolute atomic E-state index is 6.74. The van der Waals surface area contributed by atoms with Gasteiger partial charge in [-0.2, -0.15) is 0 Å². The fourth-order valence-corrected chi connectivity index (χ4v) is 6.86. The molecule has 4 aromatic heterocycles. The van der Waals surface area contributed by atoms with Crippen LogP contribution in [0.1, 0.15) is 0 Å². The lowest BCUT2D eigenvalue weighted by atomic mass is 9.94. The summed E-state index contributed by atoms with van der Waals surface area (Å²) in [5.41, 5.74) is 11.8. The average molecular weight is 643 g/mol. The molecule has 10 aromatic rings. The number of hydrogen-bond donors (Lipinski definition) is 0. The van der Waals surface area contributed by atoms with Crippen molar-refractivity contribution in [1.82, 2.24) is 20.2 Å². The van der Waals surface area contributed by atoms with Gasteiger partial charge in [-0.15, -0.1) is 10.2 Å². The van der Waals surface area contributed by atoms with Gasteiger partial charge in [-0.05, 0) is 59.2 Å². The predicted molar refractivity (Wildman–Crippen MR) is 199 cm³/mol. The summed E-state index contributed by atoms with van der Waals surface area (Å²) in [7, 11) is 0. The third-order valence-electron chi connectivity index (χ3n) is 9.23. The quantitative estimate of drug-likeness (QED) is 0.186. The van der Waals surface area contributed by atoms with E-state index in [1.54, 1.807) is 0 Å². The monoisotopic (exact) mass is 642 g/mol. The molecule has 10 rings (SSSR count). The minimum atomic E-state index is 0.464. The van der Waals surface area contributed by atoms with E-state index in [-0.39, 0.29) is 0 Å². The van der Waals surface area contributed by atoms with E-state index in [4.69, 9.17) is 18.8 Å². The third kappa shape index (κ3) is 4.58. The topological polar surface area (TPSA) is 77.8 Å². The lowest BCUT2D eigenvalue weighted by Gasteiger charge is -2.09. The van der Waals surface area contributed by atoms with E-state index in [9.17, 15) is 0 Å². The van der Waals surface area contributed by atoms with E-state index in [1.807, 2.05) is 91.0 Å². The Morgan fingerprint density at radius 1 is 0.400 bits per heavy atom. The number of aromatic nitrogens is 4. The lowest BCUT2D eigenvalue weighted by molar-refractivity contribution is 0.667. The van der Waals surface area contributed by atoms with Crippen molar-refractivity contribution >= 4 is 44.0 Å². The van der Waals surface area contributed by atoms with Crippen LogP contribution < -0.4 is 0 Å². The first-order valence-electron chi connectivity index (χ1n) is 16.5. The highest BCUT2D eigenvalue weighted by Crippen LogP contribution is 2.44. The van der Waals surface area contributed by atoms with Crippen molar-refractivity contribution in [2.45, 2.75) is 0 Å². The highest BCUT2D eigenvalue weighted by Gasteiger charge is 2.23. The molecule has 0 radical (unpaired) electrons. The standard InChI is InChI=1S/C44H26N4O2/c1-4-13-27(14-5-1)30-25-33(28-15-6-2-7-16-28)42-34(26-30)39-32(20-12-22-38(39)50-42)41-43-40(31-19-10-11-21-37(31)49-43)45-44(46-41)36-24-23-35(47-48-36)29-17-8-3-9-18-29/h1-26H. The molecule has 6 nitrogen and oxygen atoms in total. The Kier molecular flexibility index (Phi) is 6.39. The highest BCUT2D eigenvalue weighted by molar-refractivity contribution is 6.18. The second kappa shape index (κ2) is 11.4. The van der Waals surface area contributed by atoms with Gasteiger partial charge >= 0.3 is 0 Å². The molecular formula is C44H26N4O2. The van der Waals surface area contributed by atoms with Crippen LogP contribution in [0.3, 0.4) is 0 Å². The minimum absolute atomic E-state index is 0.464. The molecule has 0 amide bonds. The van der Waals surface area contributed by atoms with Crippen molar-refractivity contribution in [1.29, 1.82) is 0 Å². The summed E-state index contributed by atoms with van der Waals surface area (Å²) >= 11 is 0. The summed E-state index contributed by atoms with van der Waals surface area (Å²) in [6.45, 7) is 0. The van der Waals surface area contributed by atoms with E-state index >= 15 is 0 Å². The smallest absolute Gasteiger partial charge is 0.181 e. The molecule has 0 saturated heterocycles. The number of rotatable bonds is 5. The van der Waals surface area contributed by atoms with Gasteiger partial charge in [0.1, 0.15) is 33.7 Å². The molecule has 0 aliphatic rings. The highest BCUT2D eigenvalue weighted by atomic mass is 16.3. The number of furan rings is 2. The first kappa shape index (κ1) is 28.1. The molecule has 0 fully saturated rings. The molecule has 0 unspecified atom stereocenters. The van der Waals surface area contributed by atoms with Crippen LogP contribution in [0.4, 0.5) is 0 Å². The molecular weight excluding hydrogens is 617 g/mol. The minimum Gasteiger partial charge on any atom is -0.455 e. The number of para-hydroxylation sites is 1. The zero-order chi connectivity index (χ0) is 33.0. The van der Waals surface area contributed by atoms with Gasteiger partial charge < -0.3 is 8.83 Å². The van der Waals surface area contributed by atoms with E-state index in [0.29, 0.717) is 28.3 Å². The fraction of sp³-hybridized carbons (Fsp3) is 0. The van der Waals surface area contributed by atoms with Gasteiger partial charge in [-0.1, -0.05) is 115 Å². The van der Waals surface area contributed by atoms with Crippen molar-refractivity contribution in [2.75, 3.05) is 0 Å². The Labute approximate surface area is 286 Å². The predicted octanol–water partition coefficient (Wildman–Crippen LogP) is 11.4. The Morgan fingerprint density at radius 2 is 1.04 bits per heavy atom. The zero-order valence-electron chi connectivity index (χ0n) is 26.6. The van der Waals surface area contributed by atoms with E-state index < -0.39 is 0 Å². The Hall–Kier alpha value is -6.92. The normalized spacial score (nSPS) is 11.6. The number of nitrogens with zero attached hydrogens (tertiary/aromatic N) is 4. The number of hydrogen-bond acceptors (Lipinski definition) is 6. The molecule has 6 heteroatoms. The molecule has 0 aliphatic carbocycles. The largest absolute Gasteiger partial charge is 0.455 e. The van der Waals surface area contributed by atoms with Gasteiger partial charge in [0.05, 0.1) is 5.69 Å². The maximum atomic E-state index is 6.74. The van der Waals surface area contributed by atoms with Crippen LogP contribution >= 0.6 is 0 Å². The molecule has 0 N–H and O–H groups in total. The van der Waals surface area contributed by atoms with Crippen molar-refractivity contribution in [2.24, 2.45) is 0 Å². The van der Waals surface area contributed by atoms with Gasteiger partial charge in [-0.25, -0.2) is 9.97 Å². The van der Waals surface area contributed by atoms with Crippen molar-refractivity contribution < 1.29 is 8.83 Å². The van der Waals surface area contributed by atoms with Crippen LogP contribution in [0.2, 0.25) is 0 Å². The first-order valence-corrected chi connectivity index (χ1v) is 16.5. The van der Waals surface area contributed by atoms with E-state index in [0.717, 1.165) is 72.0 Å². The van der Waals surface area contributed by atoms with Gasteiger partial charge in [0.15, 0.2) is 11.4 Å². The Morgan fingerprint density at radius 3 is 1.80 bits per heavy atom. The molecule has 4 heterocycles. The summed E-state index contributed by atoms with van der Waals surface area (Å²) in [5.74, 6) is 0.464. The molecule has 0 bridgehead atoms.